The van der Waals surface area contributed by atoms with E-state index in [0.717, 1.165) is 11.4 Å². The van der Waals surface area contributed by atoms with Crippen LogP contribution in [-0.2, 0) is 16.2 Å². The molecule has 124 valence electrons. The van der Waals surface area contributed by atoms with E-state index in [2.05, 4.69) is 21.4 Å². The van der Waals surface area contributed by atoms with Crippen molar-refractivity contribution in [1.29, 1.82) is 5.26 Å². The largest absolute Gasteiger partial charge is 0.395 e. The van der Waals surface area contributed by atoms with Crippen LogP contribution in [0.15, 0.2) is 30.6 Å². The highest BCUT2D eigenvalue weighted by Gasteiger charge is 2.29. The average molecular weight is 336 g/mol. The smallest absolute Gasteiger partial charge is 0.299 e. The highest BCUT2D eigenvalue weighted by Crippen LogP contribution is 2.29. The minimum Gasteiger partial charge on any atom is -0.299 e. The zero-order valence-electron chi connectivity index (χ0n) is 13.2. The van der Waals surface area contributed by atoms with Crippen molar-refractivity contribution in [3.05, 3.63) is 53.4 Å². The third-order valence-electron chi connectivity index (χ3n) is 3.89. The van der Waals surface area contributed by atoms with E-state index in [1.165, 1.54) is 0 Å². The topological polar surface area (TPSA) is 108 Å². The Kier molecular flexibility index (Phi) is 3.52. The predicted octanol–water partition coefficient (Wildman–Crippen LogP) is 1.34. The van der Waals surface area contributed by atoms with Gasteiger partial charge < -0.3 is 0 Å². The summed E-state index contributed by atoms with van der Waals surface area (Å²) in [5.41, 5.74) is 3.01. The van der Waals surface area contributed by atoms with Gasteiger partial charge in [0.15, 0.2) is 11.4 Å². The molecule has 2 aromatic heterocycles. The van der Waals surface area contributed by atoms with Crippen LogP contribution in [0.1, 0.15) is 34.5 Å². The maximum absolute atomic E-state index is 12.2. The quantitative estimate of drug-likeness (QED) is 0.410. The van der Waals surface area contributed by atoms with E-state index in [0.29, 0.717) is 11.4 Å². The van der Waals surface area contributed by atoms with Crippen molar-refractivity contribution in [3.63, 3.8) is 0 Å². The van der Waals surface area contributed by atoms with Gasteiger partial charge in [0, 0.05) is 6.42 Å². The Morgan fingerprint density at radius 1 is 1.32 bits per heavy atom. The summed E-state index contributed by atoms with van der Waals surface area (Å²) in [6, 6.07) is 9.55. The number of rotatable bonds is 3. The lowest BCUT2D eigenvalue weighted by molar-refractivity contribution is -0.237. The number of hydrogen-bond donors (Lipinski definition) is 0. The summed E-state index contributed by atoms with van der Waals surface area (Å²) >= 11 is 0. The van der Waals surface area contributed by atoms with Gasteiger partial charge in [-0.1, -0.05) is 17.3 Å². The fourth-order valence-corrected chi connectivity index (χ4v) is 2.81. The summed E-state index contributed by atoms with van der Waals surface area (Å²) in [7, 11) is 0. The van der Waals surface area contributed by atoms with E-state index in [-0.39, 0.29) is 24.4 Å². The van der Waals surface area contributed by atoms with Crippen molar-refractivity contribution in [2.24, 2.45) is 0 Å². The van der Waals surface area contributed by atoms with Crippen molar-refractivity contribution in [2.75, 3.05) is 6.61 Å². The predicted molar refractivity (Wildman–Crippen MR) is 83.0 cm³/mol. The first kappa shape index (κ1) is 15.0. The van der Waals surface area contributed by atoms with Gasteiger partial charge >= 0.3 is 5.97 Å². The Hall–Kier alpha value is -3.51. The van der Waals surface area contributed by atoms with Gasteiger partial charge in [0.05, 0.1) is 29.4 Å². The number of nitriles is 1. The minimum absolute atomic E-state index is 0.0433. The first-order valence-corrected chi connectivity index (χ1v) is 7.59. The molecule has 3 heterocycles. The highest BCUT2D eigenvalue weighted by atomic mass is 17.2. The second-order valence-electron chi connectivity index (χ2n) is 5.26. The Morgan fingerprint density at radius 3 is 2.88 bits per heavy atom. The van der Waals surface area contributed by atoms with Gasteiger partial charge in [-0.3, -0.25) is 9.45 Å². The van der Waals surface area contributed by atoms with Crippen LogP contribution in [0.2, 0.25) is 0 Å². The van der Waals surface area contributed by atoms with Gasteiger partial charge in [0.2, 0.25) is 0 Å². The van der Waals surface area contributed by atoms with E-state index in [4.69, 9.17) is 9.78 Å². The molecule has 0 amide bonds. The minimum atomic E-state index is -0.730. The van der Waals surface area contributed by atoms with Gasteiger partial charge in [-0.2, -0.15) is 10.1 Å². The summed E-state index contributed by atoms with van der Waals surface area (Å²) in [6.45, 7) is 1.93. The number of fused-ring (bicyclic) bond motifs is 5. The summed E-state index contributed by atoms with van der Waals surface area (Å²) < 4.78 is 3.40. The van der Waals surface area contributed by atoms with Crippen molar-refractivity contribution < 1.29 is 14.6 Å². The number of benzene rings is 1. The molecule has 0 unspecified atom stereocenters. The lowest BCUT2D eigenvalue weighted by Crippen LogP contribution is -2.11. The third kappa shape index (κ3) is 2.28. The lowest BCUT2D eigenvalue weighted by atomic mass is 10.1. The summed E-state index contributed by atoms with van der Waals surface area (Å²) in [6.07, 6.45) is 1.84. The van der Waals surface area contributed by atoms with Gasteiger partial charge in [-0.05, 0) is 19.1 Å². The number of hydrogen-bond acceptors (Lipinski definition) is 7. The molecule has 1 aliphatic heterocycles. The number of imidazole rings is 1. The maximum atomic E-state index is 12.2. The Morgan fingerprint density at radius 2 is 2.12 bits per heavy atom. The molecule has 25 heavy (non-hydrogen) atoms. The lowest BCUT2D eigenvalue weighted by Gasteiger charge is -2.08. The van der Waals surface area contributed by atoms with Crippen molar-refractivity contribution in [2.45, 2.75) is 13.3 Å². The molecule has 9 nitrogen and oxygen atoms in total. The van der Waals surface area contributed by atoms with Crippen LogP contribution in [0.4, 0.5) is 0 Å². The van der Waals surface area contributed by atoms with Gasteiger partial charge in [-0.25, -0.2) is 14.5 Å². The van der Waals surface area contributed by atoms with Gasteiger partial charge in [0.1, 0.15) is 12.4 Å². The molecule has 1 aliphatic rings. The monoisotopic (exact) mass is 336 g/mol. The second-order valence-corrected chi connectivity index (χ2v) is 5.26. The Labute approximate surface area is 142 Å². The molecule has 0 atom stereocenters. The van der Waals surface area contributed by atoms with Crippen LogP contribution >= 0.6 is 0 Å². The van der Waals surface area contributed by atoms with E-state index in [9.17, 15) is 10.1 Å². The van der Waals surface area contributed by atoms with Crippen LogP contribution in [-0.4, -0.2) is 37.1 Å². The SMILES string of the molecule is CCOOC(=O)c1nnn2c1Cc1c(C#N)ncn1-c1ccccc1-2. The van der Waals surface area contributed by atoms with E-state index >= 15 is 0 Å². The van der Waals surface area contributed by atoms with Crippen LogP contribution in [0.25, 0.3) is 11.4 Å². The van der Waals surface area contributed by atoms with Gasteiger partial charge in [0.25, 0.3) is 0 Å². The number of para-hydroxylation sites is 2. The number of carbonyl (C=O) groups excluding carboxylic acids is 1. The van der Waals surface area contributed by atoms with Crippen molar-refractivity contribution in [1.82, 2.24) is 24.5 Å². The molecule has 0 spiro atoms. The molecule has 9 heteroatoms. The molecule has 0 aliphatic carbocycles. The molecule has 4 rings (SSSR count). The molecule has 1 aromatic carbocycles. The molecular weight excluding hydrogens is 324 g/mol. The Bertz CT molecular complexity index is 1010. The maximum Gasteiger partial charge on any atom is 0.395 e. The zero-order chi connectivity index (χ0) is 17.4. The van der Waals surface area contributed by atoms with Crippen LogP contribution in [0, 0.1) is 11.3 Å². The summed E-state index contributed by atoms with van der Waals surface area (Å²) in [5.74, 6) is -0.730. The average Bonchev–Trinajstić information content (AvgIpc) is 3.21. The van der Waals surface area contributed by atoms with E-state index < -0.39 is 5.97 Å². The zero-order valence-corrected chi connectivity index (χ0v) is 13.2. The van der Waals surface area contributed by atoms with Crippen molar-refractivity contribution >= 4 is 5.97 Å². The van der Waals surface area contributed by atoms with Crippen LogP contribution in [0.3, 0.4) is 0 Å². The van der Waals surface area contributed by atoms with Gasteiger partial charge in [-0.15, -0.1) is 5.10 Å². The highest BCUT2D eigenvalue weighted by molar-refractivity contribution is 5.88. The molecule has 3 aromatic rings. The number of aromatic nitrogens is 5. The first-order valence-electron chi connectivity index (χ1n) is 7.59. The van der Waals surface area contributed by atoms with E-state index in [1.807, 2.05) is 28.8 Å². The molecule has 0 saturated carbocycles. The first-order chi connectivity index (χ1) is 12.2. The molecule has 0 saturated heterocycles. The summed E-state index contributed by atoms with van der Waals surface area (Å²) in [5, 5.41) is 17.4. The normalized spacial score (nSPS) is 11.7. The molecule has 0 N–H and O–H groups in total. The molecule has 0 fully saturated rings. The van der Waals surface area contributed by atoms with E-state index in [1.54, 1.807) is 17.9 Å². The Balaban J connectivity index is 1.93. The molecule has 0 radical (unpaired) electrons. The fraction of sp³-hybridized carbons (Fsp3) is 0.188. The molecule has 0 bridgehead atoms. The molecular formula is C16H12N6O3. The standard InChI is InChI=1S/C16H12N6O3/c1-2-24-25-16(23)15-14-7-13-10(8-17)18-9-21(13)11-5-3-4-6-12(11)22(14)20-19-15/h3-6,9H,2,7H2,1H3. The second kappa shape index (κ2) is 5.85. The third-order valence-corrected chi connectivity index (χ3v) is 3.89. The number of nitrogens with zero attached hydrogens (tertiary/aromatic N) is 6. The number of carbonyl (C=O) groups is 1. The van der Waals surface area contributed by atoms with Crippen LogP contribution < -0.4 is 0 Å². The fourth-order valence-electron chi connectivity index (χ4n) is 2.81. The van der Waals surface area contributed by atoms with Crippen LogP contribution in [0.5, 0.6) is 0 Å². The summed E-state index contributed by atoms with van der Waals surface area (Å²) in [4.78, 5) is 25.8. The van der Waals surface area contributed by atoms with Crippen molar-refractivity contribution in [3.8, 4) is 17.4 Å².